The maximum atomic E-state index is 14.0. The zero-order valence-electron chi connectivity index (χ0n) is 16.5. The number of amides is 1. The van der Waals surface area contributed by atoms with Gasteiger partial charge in [0.2, 0.25) is 11.7 Å². The number of halogens is 1. The Bertz CT molecular complexity index is 706. The van der Waals surface area contributed by atoms with Crippen LogP contribution in [0.4, 0.5) is 9.18 Å². The minimum absolute atomic E-state index is 0.0902. The lowest BCUT2D eigenvalue weighted by Crippen LogP contribution is -2.43. The van der Waals surface area contributed by atoms with E-state index in [9.17, 15) is 14.0 Å². The number of aromatic nitrogens is 2. The quantitative estimate of drug-likeness (QED) is 0.740. The molecule has 0 N–H and O–H groups in total. The fraction of sp³-hybridized carbons (Fsp3) is 0.789. The minimum atomic E-state index is -1.29. The van der Waals surface area contributed by atoms with Crippen LogP contribution >= 0.6 is 0 Å². The second-order valence-electron chi connectivity index (χ2n) is 8.88. The predicted octanol–water partition coefficient (Wildman–Crippen LogP) is 3.82. The lowest BCUT2D eigenvalue weighted by Gasteiger charge is -2.29. The van der Waals surface area contributed by atoms with E-state index in [2.05, 4.69) is 17.1 Å². The van der Waals surface area contributed by atoms with Crippen LogP contribution in [-0.2, 0) is 10.2 Å². The van der Waals surface area contributed by atoms with Crippen LogP contribution < -0.4 is 0 Å². The number of carbonyl (C=O) groups is 2. The molecule has 0 aromatic carbocycles. The van der Waals surface area contributed by atoms with E-state index in [1.165, 1.54) is 6.42 Å². The van der Waals surface area contributed by atoms with Crippen molar-refractivity contribution in [3.05, 3.63) is 11.8 Å². The van der Waals surface area contributed by atoms with Crippen molar-refractivity contribution >= 4 is 11.9 Å². The molecule has 1 aliphatic carbocycles. The van der Waals surface area contributed by atoms with E-state index in [1.54, 1.807) is 20.8 Å². The molecule has 1 saturated carbocycles. The first-order chi connectivity index (χ1) is 12.6. The van der Waals surface area contributed by atoms with Gasteiger partial charge in [0.1, 0.15) is 17.8 Å². The highest BCUT2D eigenvalue weighted by molar-refractivity contribution is 5.98. The van der Waals surface area contributed by atoms with Crippen LogP contribution in [-0.4, -0.2) is 51.3 Å². The summed E-state index contributed by atoms with van der Waals surface area (Å²) in [4.78, 5) is 26.4. The molecule has 2 atom stereocenters. The van der Waals surface area contributed by atoms with Gasteiger partial charge in [0, 0.05) is 11.8 Å². The van der Waals surface area contributed by atoms with Crippen molar-refractivity contribution in [2.75, 3.05) is 6.54 Å². The van der Waals surface area contributed by atoms with Gasteiger partial charge in [-0.2, -0.15) is 0 Å². The molecule has 0 bridgehead atoms. The molecule has 150 valence electrons. The molecule has 2 fully saturated rings. The van der Waals surface area contributed by atoms with Crippen LogP contribution in [0.1, 0.15) is 82.8 Å². The Morgan fingerprint density at radius 3 is 2.52 bits per heavy atom. The summed E-state index contributed by atoms with van der Waals surface area (Å²) in [5.41, 5.74) is -0.959. The molecule has 0 spiro atoms. The summed E-state index contributed by atoms with van der Waals surface area (Å²) in [6, 6.07) is -0.984. The van der Waals surface area contributed by atoms with Crippen LogP contribution in [0, 0.1) is 0 Å². The van der Waals surface area contributed by atoms with Gasteiger partial charge in [-0.15, -0.1) is 10.2 Å². The third-order valence-corrected chi connectivity index (χ3v) is 5.29. The first-order valence-electron chi connectivity index (χ1n) is 9.61. The Morgan fingerprint density at radius 2 is 1.89 bits per heavy atom. The Morgan fingerprint density at radius 1 is 1.22 bits per heavy atom. The van der Waals surface area contributed by atoms with Gasteiger partial charge >= 0.3 is 6.09 Å². The first-order valence-corrected chi connectivity index (χ1v) is 9.61. The summed E-state index contributed by atoms with van der Waals surface area (Å²) in [6.45, 7) is 7.05. The zero-order valence-corrected chi connectivity index (χ0v) is 16.5. The van der Waals surface area contributed by atoms with E-state index in [-0.39, 0.29) is 24.3 Å². The number of Topliss-reactive ketones (excluding diaryl/α,β-unsaturated/α-hetero) is 1. The molecule has 2 heterocycles. The molecule has 1 aromatic heterocycles. The third kappa shape index (κ3) is 4.30. The van der Waals surface area contributed by atoms with Crippen LogP contribution in [0.5, 0.6) is 0 Å². The maximum Gasteiger partial charge on any atom is 0.411 e. The molecule has 0 radical (unpaired) electrons. The number of hydrogen-bond acceptors (Lipinski definition) is 6. The SMILES string of the molecule is CC(C)(C)OC(=O)N1C[C@@H](F)C[C@H]1C(=O)c1nnc(C2(C)CCCCC2)o1. The molecule has 8 heteroatoms. The maximum absolute atomic E-state index is 14.0. The van der Waals surface area contributed by atoms with Crippen molar-refractivity contribution in [2.24, 2.45) is 0 Å². The summed E-state index contributed by atoms with van der Waals surface area (Å²) < 4.78 is 25.0. The number of ether oxygens (including phenoxy) is 1. The van der Waals surface area contributed by atoms with E-state index >= 15 is 0 Å². The second kappa shape index (κ2) is 7.20. The van der Waals surface area contributed by atoms with Crippen molar-refractivity contribution in [1.29, 1.82) is 0 Å². The molecule has 1 aliphatic heterocycles. The highest BCUT2D eigenvalue weighted by atomic mass is 19.1. The van der Waals surface area contributed by atoms with E-state index in [1.807, 2.05) is 0 Å². The number of nitrogens with zero attached hydrogens (tertiary/aromatic N) is 3. The Labute approximate surface area is 158 Å². The van der Waals surface area contributed by atoms with Crippen LogP contribution in [0.15, 0.2) is 4.42 Å². The van der Waals surface area contributed by atoms with Crippen LogP contribution in [0.25, 0.3) is 0 Å². The molecule has 2 aliphatic rings. The molecule has 1 amide bonds. The van der Waals surface area contributed by atoms with Gasteiger partial charge in [-0.3, -0.25) is 9.69 Å². The lowest BCUT2D eigenvalue weighted by molar-refractivity contribution is 0.0211. The van der Waals surface area contributed by atoms with Gasteiger partial charge in [-0.25, -0.2) is 9.18 Å². The van der Waals surface area contributed by atoms with Crippen LogP contribution in [0.2, 0.25) is 0 Å². The number of hydrogen-bond donors (Lipinski definition) is 0. The van der Waals surface area contributed by atoms with Crippen molar-refractivity contribution in [2.45, 2.75) is 89.4 Å². The van der Waals surface area contributed by atoms with E-state index in [0.717, 1.165) is 30.6 Å². The van der Waals surface area contributed by atoms with E-state index < -0.39 is 29.7 Å². The Balaban J connectivity index is 1.77. The number of alkyl halides is 1. The zero-order chi connectivity index (χ0) is 19.8. The third-order valence-electron chi connectivity index (χ3n) is 5.29. The van der Waals surface area contributed by atoms with Crippen molar-refractivity contribution in [1.82, 2.24) is 15.1 Å². The number of likely N-dealkylation sites (tertiary alicyclic amines) is 1. The lowest BCUT2D eigenvalue weighted by atomic mass is 9.76. The smallest absolute Gasteiger partial charge is 0.411 e. The minimum Gasteiger partial charge on any atom is -0.444 e. The average Bonchev–Trinajstić information content (AvgIpc) is 3.20. The monoisotopic (exact) mass is 381 g/mol. The molecule has 0 unspecified atom stereocenters. The number of ketones is 1. The molecule has 1 aromatic rings. The van der Waals surface area contributed by atoms with E-state index in [4.69, 9.17) is 9.15 Å². The fourth-order valence-corrected chi connectivity index (χ4v) is 3.81. The first kappa shape index (κ1) is 19.8. The van der Waals surface area contributed by atoms with Gasteiger partial charge in [0.05, 0.1) is 6.54 Å². The van der Waals surface area contributed by atoms with Gasteiger partial charge in [0.25, 0.3) is 5.89 Å². The molecule has 3 rings (SSSR count). The fourth-order valence-electron chi connectivity index (χ4n) is 3.81. The Kier molecular flexibility index (Phi) is 5.27. The second-order valence-corrected chi connectivity index (χ2v) is 8.88. The molecule has 7 nitrogen and oxygen atoms in total. The summed E-state index contributed by atoms with van der Waals surface area (Å²) in [5, 5.41) is 7.99. The van der Waals surface area contributed by atoms with Gasteiger partial charge in [-0.1, -0.05) is 26.2 Å². The molecular weight excluding hydrogens is 353 g/mol. The number of rotatable bonds is 3. The highest BCUT2D eigenvalue weighted by Crippen LogP contribution is 2.38. The predicted molar refractivity (Wildman–Crippen MR) is 95.3 cm³/mol. The summed E-state index contributed by atoms with van der Waals surface area (Å²) in [5.74, 6) is -0.243. The average molecular weight is 381 g/mol. The van der Waals surface area contributed by atoms with Crippen LogP contribution in [0.3, 0.4) is 0 Å². The molecule has 1 saturated heterocycles. The summed E-state index contributed by atoms with van der Waals surface area (Å²) in [6.07, 6.45) is 3.13. The van der Waals surface area contributed by atoms with Gasteiger partial charge < -0.3 is 9.15 Å². The topological polar surface area (TPSA) is 85.5 Å². The largest absolute Gasteiger partial charge is 0.444 e. The standard InChI is InChI=1S/C19H28FN3O4/c1-18(2,3)27-17(25)23-11-12(20)10-13(23)14(24)15-21-22-16(26-15)19(4)8-6-5-7-9-19/h12-13H,5-11H2,1-4H3/t12-,13-/m0/s1. The normalized spacial score (nSPS) is 25.4. The van der Waals surface area contributed by atoms with Gasteiger partial charge in [0.15, 0.2) is 0 Å². The summed E-state index contributed by atoms with van der Waals surface area (Å²) in [7, 11) is 0. The van der Waals surface area contributed by atoms with Crippen molar-refractivity contribution < 1.29 is 23.1 Å². The Hall–Kier alpha value is -1.99. The number of carbonyl (C=O) groups excluding carboxylic acids is 2. The van der Waals surface area contributed by atoms with E-state index in [0.29, 0.717) is 5.89 Å². The summed E-state index contributed by atoms with van der Waals surface area (Å²) >= 11 is 0. The highest BCUT2D eigenvalue weighted by Gasteiger charge is 2.44. The molecule has 27 heavy (non-hydrogen) atoms. The van der Waals surface area contributed by atoms with Gasteiger partial charge in [-0.05, 0) is 33.6 Å². The molecular formula is C19H28FN3O4. The van der Waals surface area contributed by atoms with Crippen molar-refractivity contribution in [3.8, 4) is 0 Å². The van der Waals surface area contributed by atoms with Crippen molar-refractivity contribution in [3.63, 3.8) is 0 Å².